The normalized spacial score (nSPS) is 10.9. The van der Waals surface area contributed by atoms with Gasteiger partial charge in [0.15, 0.2) is 0 Å². The molecule has 0 radical (unpaired) electrons. The molecule has 2 aromatic carbocycles. The molecule has 0 atom stereocenters. The average Bonchev–Trinajstić information content (AvgIpc) is 2.46. The Kier molecular flexibility index (Phi) is 3.11. The number of aromatic nitrogens is 2. The molecule has 0 aliphatic heterocycles. The smallest absolute Gasteiger partial charge is 0.261 e. The molecule has 3 aromatic rings. The fourth-order valence-electron chi connectivity index (χ4n) is 2.32. The fourth-order valence-corrected chi connectivity index (χ4v) is 2.32. The minimum absolute atomic E-state index is 0.00817. The maximum absolute atomic E-state index is 12.4. The summed E-state index contributed by atoms with van der Waals surface area (Å²) in [6, 6.07) is 13.7. The molecule has 0 aliphatic carbocycles. The second kappa shape index (κ2) is 4.93. The van der Waals surface area contributed by atoms with Crippen molar-refractivity contribution in [1.82, 2.24) is 9.55 Å². The van der Waals surface area contributed by atoms with E-state index in [1.54, 1.807) is 10.9 Å². The highest BCUT2D eigenvalue weighted by Gasteiger charge is 2.04. The quantitative estimate of drug-likeness (QED) is 0.713. The van der Waals surface area contributed by atoms with Crippen molar-refractivity contribution >= 4 is 10.9 Å². The molecule has 0 spiro atoms. The van der Waals surface area contributed by atoms with Gasteiger partial charge in [-0.3, -0.25) is 9.36 Å². The minimum atomic E-state index is 0.00817. The van der Waals surface area contributed by atoms with E-state index in [1.807, 2.05) is 24.3 Å². The summed E-state index contributed by atoms with van der Waals surface area (Å²) in [4.78, 5) is 16.7. The van der Waals surface area contributed by atoms with E-state index in [2.05, 4.69) is 37.0 Å². The van der Waals surface area contributed by atoms with Crippen LogP contribution in [0.25, 0.3) is 10.9 Å². The first-order valence-corrected chi connectivity index (χ1v) is 6.65. The second-order valence-corrected chi connectivity index (χ2v) is 5.11. The van der Waals surface area contributed by atoms with Crippen LogP contribution in [0.5, 0.6) is 0 Å². The number of hydrogen-bond donors (Lipinski definition) is 0. The monoisotopic (exact) mass is 264 g/mol. The highest BCUT2D eigenvalue weighted by atomic mass is 16.1. The molecule has 0 aliphatic rings. The molecule has 1 heterocycles. The van der Waals surface area contributed by atoms with Gasteiger partial charge in [0, 0.05) is 0 Å². The lowest BCUT2D eigenvalue weighted by molar-refractivity contribution is 0.747. The van der Waals surface area contributed by atoms with Crippen molar-refractivity contribution in [2.24, 2.45) is 0 Å². The third kappa shape index (κ3) is 2.23. The number of nitrogens with zero attached hydrogens (tertiary/aromatic N) is 2. The van der Waals surface area contributed by atoms with Gasteiger partial charge in [0.25, 0.3) is 5.56 Å². The van der Waals surface area contributed by atoms with Crippen LogP contribution < -0.4 is 5.56 Å². The standard InChI is InChI=1S/C17H16N2O/c1-12-7-8-14(9-13(12)2)10-19-11-18-16-6-4-3-5-15(16)17(19)20/h3-9,11H,10H2,1-2H3. The highest BCUT2D eigenvalue weighted by molar-refractivity contribution is 5.76. The van der Waals surface area contributed by atoms with E-state index in [-0.39, 0.29) is 5.56 Å². The molecule has 0 unspecified atom stereocenters. The van der Waals surface area contributed by atoms with Crippen molar-refractivity contribution in [1.29, 1.82) is 0 Å². The van der Waals surface area contributed by atoms with Gasteiger partial charge in [-0.2, -0.15) is 0 Å². The van der Waals surface area contributed by atoms with Gasteiger partial charge in [-0.1, -0.05) is 30.3 Å². The van der Waals surface area contributed by atoms with Crippen molar-refractivity contribution < 1.29 is 0 Å². The number of para-hydroxylation sites is 1. The van der Waals surface area contributed by atoms with Gasteiger partial charge in [0.1, 0.15) is 0 Å². The molecule has 0 saturated heterocycles. The number of fused-ring (bicyclic) bond motifs is 1. The Hall–Kier alpha value is -2.42. The number of rotatable bonds is 2. The van der Waals surface area contributed by atoms with E-state index in [1.165, 1.54) is 11.1 Å². The maximum atomic E-state index is 12.4. The van der Waals surface area contributed by atoms with Gasteiger partial charge in [-0.15, -0.1) is 0 Å². The van der Waals surface area contributed by atoms with Crippen LogP contribution in [0.2, 0.25) is 0 Å². The van der Waals surface area contributed by atoms with Crippen LogP contribution in [0.3, 0.4) is 0 Å². The highest BCUT2D eigenvalue weighted by Crippen LogP contribution is 2.11. The van der Waals surface area contributed by atoms with Crippen molar-refractivity contribution in [2.75, 3.05) is 0 Å². The molecular weight excluding hydrogens is 248 g/mol. The summed E-state index contributed by atoms with van der Waals surface area (Å²) in [7, 11) is 0. The molecule has 20 heavy (non-hydrogen) atoms. The lowest BCUT2D eigenvalue weighted by Crippen LogP contribution is -2.21. The Morgan fingerprint density at radius 1 is 1.05 bits per heavy atom. The summed E-state index contributed by atoms with van der Waals surface area (Å²) in [5.74, 6) is 0. The summed E-state index contributed by atoms with van der Waals surface area (Å²) < 4.78 is 1.66. The van der Waals surface area contributed by atoms with E-state index in [9.17, 15) is 4.79 Å². The summed E-state index contributed by atoms with van der Waals surface area (Å²) in [6.07, 6.45) is 1.62. The van der Waals surface area contributed by atoms with Crippen LogP contribution in [-0.4, -0.2) is 9.55 Å². The minimum Gasteiger partial charge on any atom is -0.294 e. The lowest BCUT2D eigenvalue weighted by atomic mass is 10.1. The van der Waals surface area contributed by atoms with E-state index < -0.39 is 0 Å². The predicted octanol–water partition coefficient (Wildman–Crippen LogP) is 3.06. The molecule has 3 nitrogen and oxygen atoms in total. The Balaban J connectivity index is 2.04. The zero-order valence-electron chi connectivity index (χ0n) is 11.6. The summed E-state index contributed by atoms with van der Waals surface area (Å²) in [5, 5.41) is 0.666. The molecule has 100 valence electrons. The fraction of sp³-hybridized carbons (Fsp3) is 0.176. The van der Waals surface area contributed by atoms with E-state index in [0.29, 0.717) is 11.9 Å². The predicted molar refractivity (Wildman–Crippen MR) is 81.0 cm³/mol. The van der Waals surface area contributed by atoms with Gasteiger partial charge < -0.3 is 0 Å². The molecule has 0 N–H and O–H groups in total. The molecular formula is C17H16N2O. The van der Waals surface area contributed by atoms with E-state index >= 15 is 0 Å². The van der Waals surface area contributed by atoms with Crippen LogP contribution in [0.1, 0.15) is 16.7 Å². The molecule has 3 heteroatoms. The first-order valence-electron chi connectivity index (χ1n) is 6.65. The van der Waals surface area contributed by atoms with Crippen molar-refractivity contribution in [2.45, 2.75) is 20.4 Å². The van der Waals surface area contributed by atoms with Crippen LogP contribution in [0.4, 0.5) is 0 Å². The van der Waals surface area contributed by atoms with Gasteiger partial charge in [-0.05, 0) is 42.7 Å². The molecule has 0 fully saturated rings. The van der Waals surface area contributed by atoms with Crippen LogP contribution in [0, 0.1) is 13.8 Å². The van der Waals surface area contributed by atoms with Crippen molar-refractivity contribution in [3.8, 4) is 0 Å². The Bertz CT molecular complexity index is 834. The summed E-state index contributed by atoms with van der Waals surface area (Å²) >= 11 is 0. The third-order valence-electron chi connectivity index (χ3n) is 3.66. The average molecular weight is 264 g/mol. The van der Waals surface area contributed by atoms with E-state index in [0.717, 1.165) is 11.1 Å². The molecule has 0 bridgehead atoms. The number of benzene rings is 2. The SMILES string of the molecule is Cc1ccc(Cn2cnc3ccccc3c2=O)cc1C. The van der Waals surface area contributed by atoms with Gasteiger partial charge >= 0.3 is 0 Å². The molecule has 0 saturated carbocycles. The van der Waals surface area contributed by atoms with E-state index in [4.69, 9.17) is 0 Å². The Morgan fingerprint density at radius 3 is 2.65 bits per heavy atom. The second-order valence-electron chi connectivity index (χ2n) is 5.11. The Labute approximate surface area is 117 Å². The zero-order chi connectivity index (χ0) is 14.1. The molecule has 0 amide bonds. The Morgan fingerprint density at radius 2 is 1.85 bits per heavy atom. The van der Waals surface area contributed by atoms with Crippen molar-refractivity contribution in [3.05, 3.63) is 75.8 Å². The molecule has 3 rings (SSSR count). The number of hydrogen-bond acceptors (Lipinski definition) is 2. The summed E-state index contributed by atoms with van der Waals surface area (Å²) in [5.41, 5.74) is 4.37. The van der Waals surface area contributed by atoms with Crippen LogP contribution >= 0.6 is 0 Å². The first kappa shape index (κ1) is 12.6. The third-order valence-corrected chi connectivity index (χ3v) is 3.66. The van der Waals surface area contributed by atoms with Gasteiger partial charge in [-0.25, -0.2) is 4.98 Å². The number of aryl methyl sites for hydroxylation is 2. The largest absolute Gasteiger partial charge is 0.294 e. The van der Waals surface area contributed by atoms with Crippen LogP contribution in [-0.2, 0) is 6.54 Å². The van der Waals surface area contributed by atoms with Gasteiger partial charge in [0.2, 0.25) is 0 Å². The zero-order valence-corrected chi connectivity index (χ0v) is 11.6. The lowest BCUT2D eigenvalue weighted by Gasteiger charge is -2.08. The van der Waals surface area contributed by atoms with Crippen LogP contribution in [0.15, 0.2) is 53.6 Å². The topological polar surface area (TPSA) is 34.9 Å². The first-order chi connectivity index (χ1) is 9.65. The maximum Gasteiger partial charge on any atom is 0.261 e. The molecule has 1 aromatic heterocycles. The summed E-state index contributed by atoms with van der Waals surface area (Å²) in [6.45, 7) is 4.72. The van der Waals surface area contributed by atoms with Gasteiger partial charge in [0.05, 0.1) is 23.8 Å². The van der Waals surface area contributed by atoms with Crippen molar-refractivity contribution in [3.63, 3.8) is 0 Å².